The Morgan fingerprint density at radius 2 is 2.40 bits per heavy atom. The number of nitriles is 1. The highest BCUT2D eigenvalue weighted by atomic mass is 16.5. The van der Waals surface area contributed by atoms with Crippen molar-refractivity contribution in [3.63, 3.8) is 0 Å². The van der Waals surface area contributed by atoms with Crippen molar-refractivity contribution in [2.75, 3.05) is 38.2 Å². The summed E-state index contributed by atoms with van der Waals surface area (Å²) in [5, 5.41) is 12.0. The molecule has 0 radical (unpaired) electrons. The van der Waals surface area contributed by atoms with E-state index in [1.165, 1.54) is 12.5 Å². The van der Waals surface area contributed by atoms with Gasteiger partial charge in [-0.2, -0.15) is 5.26 Å². The molecule has 0 bridgehead atoms. The number of nitrogens with one attached hydrogen (secondary N) is 1. The van der Waals surface area contributed by atoms with E-state index >= 15 is 0 Å². The summed E-state index contributed by atoms with van der Waals surface area (Å²) in [5.41, 5.74) is 0.423. The second-order valence-corrected chi connectivity index (χ2v) is 4.42. The molecule has 1 aromatic heterocycles. The average Bonchev–Trinajstić information content (AvgIpc) is 2.69. The van der Waals surface area contributed by atoms with Gasteiger partial charge in [-0.15, -0.1) is 0 Å². The zero-order valence-corrected chi connectivity index (χ0v) is 11.2. The van der Waals surface area contributed by atoms with Gasteiger partial charge in [-0.25, -0.2) is 9.97 Å². The van der Waals surface area contributed by atoms with Gasteiger partial charge in [0.05, 0.1) is 25.8 Å². The lowest BCUT2D eigenvalue weighted by molar-refractivity contribution is -0.130. The number of amides is 1. The van der Waals surface area contributed by atoms with Crippen LogP contribution in [0.3, 0.4) is 0 Å². The quantitative estimate of drug-likeness (QED) is 0.782. The molecule has 1 aliphatic heterocycles. The molecule has 0 atom stereocenters. The number of carbonyl (C=O) groups is 1. The Labute approximate surface area is 117 Å². The van der Waals surface area contributed by atoms with Gasteiger partial charge in [-0.1, -0.05) is 0 Å². The zero-order valence-electron chi connectivity index (χ0n) is 11.2. The number of carbonyl (C=O) groups excluding carboxylic acids is 1. The van der Waals surface area contributed by atoms with Crippen LogP contribution >= 0.6 is 0 Å². The van der Waals surface area contributed by atoms with Crippen LogP contribution in [-0.4, -0.2) is 53.6 Å². The van der Waals surface area contributed by atoms with Crippen LogP contribution < -0.4 is 5.32 Å². The second-order valence-electron chi connectivity index (χ2n) is 4.42. The molecule has 0 aromatic carbocycles. The molecule has 1 saturated heterocycles. The van der Waals surface area contributed by atoms with E-state index in [0.717, 1.165) is 6.42 Å². The lowest BCUT2D eigenvalue weighted by Gasteiger charge is -2.19. The highest BCUT2D eigenvalue weighted by molar-refractivity contribution is 5.76. The van der Waals surface area contributed by atoms with Crippen molar-refractivity contribution in [3.05, 3.63) is 18.1 Å². The molecule has 1 fully saturated rings. The van der Waals surface area contributed by atoms with Crippen LogP contribution in [0.25, 0.3) is 0 Å². The number of aromatic nitrogens is 2. The van der Waals surface area contributed by atoms with Crippen LogP contribution in [0, 0.1) is 11.3 Å². The number of hydrogen-bond donors (Lipinski definition) is 1. The number of nitrogens with zero attached hydrogens (tertiary/aromatic N) is 4. The Bertz CT molecular complexity index is 500. The first-order valence-corrected chi connectivity index (χ1v) is 6.61. The predicted octanol–water partition coefficient (Wildman–Crippen LogP) is 0.399. The van der Waals surface area contributed by atoms with Crippen molar-refractivity contribution < 1.29 is 9.53 Å². The fraction of sp³-hybridized carbons (Fsp3) is 0.538. The lowest BCUT2D eigenvalue weighted by atomic mass is 10.3. The largest absolute Gasteiger partial charge is 0.379 e. The third-order valence-corrected chi connectivity index (χ3v) is 3.05. The summed E-state index contributed by atoms with van der Waals surface area (Å²) in [6.07, 6.45) is 4.13. The third-order valence-electron chi connectivity index (χ3n) is 3.05. The van der Waals surface area contributed by atoms with Gasteiger partial charge in [-0.05, 0) is 6.42 Å². The van der Waals surface area contributed by atoms with Gasteiger partial charge < -0.3 is 15.0 Å². The summed E-state index contributed by atoms with van der Waals surface area (Å²) < 4.78 is 5.27. The number of hydrogen-bond acceptors (Lipinski definition) is 6. The topological polar surface area (TPSA) is 91.1 Å². The average molecular weight is 275 g/mol. The van der Waals surface area contributed by atoms with Crippen molar-refractivity contribution in [1.29, 1.82) is 5.26 Å². The van der Waals surface area contributed by atoms with E-state index in [1.807, 2.05) is 11.0 Å². The molecule has 1 aliphatic rings. The van der Waals surface area contributed by atoms with Gasteiger partial charge in [0, 0.05) is 19.6 Å². The van der Waals surface area contributed by atoms with Crippen molar-refractivity contribution in [2.45, 2.75) is 12.8 Å². The van der Waals surface area contributed by atoms with E-state index in [9.17, 15) is 4.79 Å². The summed E-state index contributed by atoms with van der Waals surface area (Å²) in [6.45, 7) is 3.10. The molecule has 1 amide bonds. The highest BCUT2D eigenvalue weighted by Crippen LogP contribution is 2.08. The number of anilines is 1. The van der Waals surface area contributed by atoms with E-state index in [-0.39, 0.29) is 5.91 Å². The molecule has 2 heterocycles. The van der Waals surface area contributed by atoms with Gasteiger partial charge >= 0.3 is 0 Å². The number of rotatable bonds is 5. The van der Waals surface area contributed by atoms with E-state index in [2.05, 4.69) is 15.3 Å². The van der Waals surface area contributed by atoms with E-state index in [4.69, 9.17) is 10.00 Å². The second kappa shape index (κ2) is 7.40. The Hall–Kier alpha value is -2.20. The maximum atomic E-state index is 11.7. The lowest BCUT2D eigenvalue weighted by Crippen LogP contribution is -2.33. The summed E-state index contributed by atoms with van der Waals surface area (Å²) in [5.74, 6) is 0.676. The van der Waals surface area contributed by atoms with Crippen LogP contribution in [0.4, 0.5) is 5.82 Å². The monoisotopic (exact) mass is 275 g/mol. The summed E-state index contributed by atoms with van der Waals surface area (Å²) >= 11 is 0. The Balaban J connectivity index is 1.76. The van der Waals surface area contributed by atoms with Gasteiger partial charge in [0.2, 0.25) is 5.91 Å². The van der Waals surface area contributed by atoms with E-state index in [0.29, 0.717) is 50.7 Å². The van der Waals surface area contributed by atoms with Gasteiger partial charge in [0.1, 0.15) is 23.8 Å². The fourth-order valence-electron chi connectivity index (χ4n) is 1.98. The molecule has 1 aromatic rings. The van der Waals surface area contributed by atoms with Gasteiger partial charge in [0.25, 0.3) is 0 Å². The Morgan fingerprint density at radius 1 is 1.50 bits per heavy atom. The molecule has 20 heavy (non-hydrogen) atoms. The zero-order chi connectivity index (χ0) is 14.2. The first-order valence-electron chi connectivity index (χ1n) is 6.61. The Kier molecular flexibility index (Phi) is 5.26. The summed E-state index contributed by atoms with van der Waals surface area (Å²) in [7, 11) is 0. The van der Waals surface area contributed by atoms with Gasteiger partial charge in [0.15, 0.2) is 0 Å². The van der Waals surface area contributed by atoms with Crippen LogP contribution in [0.5, 0.6) is 0 Å². The van der Waals surface area contributed by atoms with E-state index < -0.39 is 0 Å². The van der Waals surface area contributed by atoms with Crippen molar-refractivity contribution in [3.8, 4) is 6.07 Å². The Morgan fingerprint density at radius 3 is 3.25 bits per heavy atom. The smallest absolute Gasteiger partial charge is 0.224 e. The fourth-order valence-corrected chi connectivity index (χ4v) is 1.98. The standard InChI is InChI=1S/C13H17N5O2/c14-8-11-9-15-10-17-13(11)16-3-1-4-18-5-7-20-6-2-12(18)19/h9-10H,1-7H2,(H,15,16,17). The predicted molar refractivity (Wildman–Crippen MR) is 71.9 cm³/mol. The van der Waals surface area contributed by atoms with Crippen molar-refractivity contribution >= 4 is 11.7 Å². The maximum absolute atomic E-state index is 11.7. The molecule has 7 nitrogen and oxygen atoms in total. The molecule has 2 rings (SSSR count). The maximum Gasteiger partial charge on any atom is 0.224 e. The molecule has 7 heteroatoms. The normalized spacial score (nSPS) is 15.6. The van der Waals surface area contributed by atoms with E-state index in [1.54, 1.807) is 0 Å². The van der Waals surface area contributed by atoms with Crippen LogP contribution in [-0.2, 0) is 9.53 Å². The molecular weight excluding hydrogens is 258 g/mol. The molecular formula is C13H17N5O2. The van der Waals surface area contributed by atoms with Gasteiger partial charge in [-0.3, -0.25) is 4.79 Å². The number of ether oxygens (including phenoxy) is 1. The highest BCUT2D eigenvalue weighted by Gasteiger charge is 2.15. The molecule has 106 valence electrons. The summed E-state index contributed by atoms with van der Waals surface area (Å²) in [4.78, 5) is 21.4. The SMILES string of the molecule is N#Cc1cncnc1NCCCN1CCOCCC1=O. The minimum atomic E-state index is 0.141. The first-order chi connectivity index (χ1) is 9.81. The van der Waals surface area contributed by atoms with Crippen LogP contribution in [0.1, 0.15) is 18.4 Å². The van der Waals surface area contributed by atoms with Crippen molar-refractivity contribution in [1.82, 2.24) is 14.9 Å². The van der Waals surface area contributed by atoms with Crippen molar-refractivity contribution in [2.24, 2.45) is 0 Å². The van der Waals surface area contributed by atoms with Crippen LogP contribution in [0.2, 0.25) is 0 Å². The minimum absolute atomic E-state index is 0.141. The third kappa shape index (κ3) is 3.90. The molecule has 0 saturated carbocycles. The van der Waals surface area contributed by atoms with Crippen LogP contribution in [0.15, 0.2) is 12.5 Å². The first kappa shape index (κ1) is 14.2. The minimum Gasteiger partial charge on any atom is -0.379 e. The molecule has 0 spiro atoms. The molecule has 1 N–H and O–H groups in total. The summed E-state index contributed by atoms with van der Waals surface area (Å²) in [6, 6.07) is 2.03. The molecule has 0 unspecified atom stereocenters. The molecule has 0 aliphatic carbocycles.